The number of pyridine rings is 2. The zero-order chi connectivity index (χ0) is 21.1. The maximum absolute atomic E-state index is 6.52. The molecule has 150 valence electrons. The van der Waals surface area contributed by atoms with E-state index < -0.39 is 0 Å². The van der Waals surface area contributed by atoms with Crippen LogP contribution in [0, 0.1) is 0 Å². The Kier molecular flexibility index (Phi) is 3.52. The van der Waals surface area contributed by atoms with Gasteiger partial charge in [-0.2, -0.15) is 0 Å². The van der Waals surface area contributed by atoms with Gasteiger partial charge >= 0.3 is 0 Å². The van der Waals surface area contributed by atoms with Gasteiger partial charge in [-0.05, 0) is 36.4 Å². The van der Waals surface area contributed by atoms with Crippen molar-refractivity contribution < 1.29 is 8.83 Å². The number of nitrogens with zero attached hydrogens (tertiary/aromatic N) is 2. The Labute approximate surface area is 182 Å². The van der Waals surface area contributed by atoms with Crippen LogP contribution in [0.15, 0.2) is 106 Å². The first-order chi connectivity index (χ1) is 15.9. The fraction of sp³-hybridized carbons (Fsp3) is 0. The van der Waals surface area contributed by atoms with Gasteiger partial charge in [0.1, 0.15) is 22.3 Å². The van der Waals surface area contributed by atoms with E-state index in [1.54, 1.807) is 0 Å². The first kappa shape index (κ1) is 17.3. The number of hydrogen-bond donors (Lipinski definition) is 0. The third-order valence-electron chi connectivity index (χ3n) is 5.99. The average Bonchev–Trinajstić information content (AvgIpc) is 3.42. The predicted octanol–water partition coefficient (Wildman–Crippen LogP) is 7.61. The number of rotatable bonds is 2. The Morgan fingerprint density at radius 3 is 1.34 bits per heavy atom. The third-order valence-corrected chi connectivity index (χ3v) is 5.99. The Morgan fingerprint density at radius 2 is 0.906 bits per heavy atom. The minimum Gasteiger partial charge on any atom is -0.455 e. The fourth-order valence-corrected chi connectivity index (χ4v) is 4.68. The largest absolute Gasteiger partial charge is 0.455 e. The average molecular weight is 412 g/mol. The SMILES string of the molecule is c1ccc(-c2c3oc4ccccc4c3c(-c3ccccn3)c3oc4ccccc4c23)nc1. The summed E-state index contributed by atoms with van der Waals surface area (Å²) in [5.41, 5.74) is 6.83. The lowest BCUT2D eigenvalue weighted by Crippen LogP contribution is -1.90. The topological polar surface area (TPSA) is 52.1 Å². The van der Waals surface area contributed by atoms with E-state index in [-0.39, 0.29) is 0 Å². The van der Waals surface area contributed by atoms with Crippen LogP contribution in [0.3, 0.4) is 0 Å². The van der Waals surface area contributed by atoms with Crippen molar-refractivity contribution >= 4 is 43.9 Å². The van der Waals surface area contributed by atoms with Gasteiger partial charge in [0.15, 0.2) is 0 Å². The standard InChI is InChI=1S/C28H16N2O2/c1-3-13-21-17(9-1)23-25(19-11-5-7-15-29-19)28-24(18-10-2-4-14-22(18)32-28)26(27(23)31-21)20-12-6-8-16-30-20/h1-16H. The van der Waals surface area contributed by atoms with Crippen molar-refractivity contribution in [3.8, 4) is 22.5 Å². The minimum absolute atomic E-state index is 0.796. The molecule has 0 atom stereocenters. The van der Waals surface area contributed by atoms with E-state index in [1.807, 2.05) is 85.2 Å². The molecule has 0 fully saturated rings. The second kappa shape index (κ2) is 6.53. The summed E-state index contributed by atoms with van der Waals surface area (Å²) < 4.78 is 13.0. The van der Waals surface area contributed by atoms with Crippen LogP contribution in [0.5, 0.6) is 0 Å². The molecule has 3 aromatic carbocycles. The molecule has 0 N–H and O–H groups in total. The van der Waals surface area contributed by atoms with E-state index in [4.69, 9.17) is 18.8 Å². The highest BCUT2D eigenvalue weighted by molar-refractivity contribution is 6.29. The number of benzene rings is 3. The fourth-order valence-electron chi connectivity index (χ4n) is 4.68. The van der Waals surface area contributed by atoms with Crippen LogP contribution in [0.25, 0.3) is 66.4 Å². The van der Waals surface area contributed by atoms with E-state index in [9.17, 15) is 0 Å². The number of para-hydroxylation sites is 2. The van der Waals surface area contributed by atoms with Crippen molar-refractivity contribution in [2.75, 3.05) is 0 Å². The molecule has 0 aliphatic heterocycles. The Bertz CT molecular complexity index is 1630. The summed E-state index contributed by atoms with van der Waals surface area (Å²) in [7, 11) is 0. The van der Waals surface area contributed by atoms with Crippen molar-refractivity contribution in [1.29, 1.82) is 0 Å². The molecule has 0 aliphatic rings. The lowest BCUT2D eigenvalue weighted by Gasteiger charge is -2.10. The van der Waals surface area contributed by atoms with E-state index in [0.29, 0.717) is 0 Å². The molecule has 4 aromatic heterocycles. The van der Waals surface area contributed by atoms with Gasteiger partial charge in [-0.1, -0.05) is 48.5 Å². The molecular weight excluding hydrogens is 396 g/mol. The maximum atomic E-state index is 6.52. The summed E-state index contributed by atoms with van der Waals surface area (Å²) in [5.74, 6) is 0. The first-order valence-electron chi connectivity index (χ1n) is 10.5. The van der Waals surface area contributed by atoms with Crippen molar-refractivity contribution in [2.45, 2.75) is 0 Å². The second-order valence-corrected chi connectivity index (χ2v) is 7.78. The highest BCUT2D eigenvalue weighted by atomic mass is 16.3. The number of aromatic nitrogens is 2. The molecule has 4 heterocycles. The predicted molar refractivity (Wildman–Crippen MR) is 127 cm³/mol. The van der Waals surface area contributed by atoms with Gasteiger partial charge in [-0.3, -0.25) is 9.97 Å². The molecular formula is C28H16N2O2. The van der Waals surface area contributed by atoms with Gasteiger partial charge in [0.05, 0.1) is 22.5 Å². The Hall–Kier alpha value is -4.44. The summed E-state index contributed by atoms with van der Waals surface area (Å²) in [6, 6.07) is 28.1. The molecule has 0 saturated carbocycles. The van der Waals surface area contributed by atoms with Crippen molar-refractivity contribution in [3.63, 3.8) is 0 Å². The first-order valence-corrected chi connectivity index (χ1v) is 10.5. The lowest BCUT2D eigenvalue weighted by atomic mass is 9.93. The zero-order valence-electron chi connectivity index (χ0n) is 16.9. The highest BCUT2D eigenvalue weighted by Crippen LogP contribution is 2.49. The van der Waals surface area contributed by atoms with Crippen molar-refractivity contribution in [1.82, 2.24) is 9.97 Å². The normalized spacial score (nSPS) is 11.8. The van der Waals surface area contributed by atoms with E-state index in [0.717, 1.165) is 66.4 Å². The molecule has 0 aliphatic carbocycles. The summed E-state index contributed by atoms with van der Waals surface area (Å²) in [6.07, 6.45) is 3.62. The van der Waals surface area contributed by atoms with Crippen LogP contribution in [-0.4, -0.2) is 9.97 Å². The molecule has 7 aromatic rings. The van der Waals surface area contributed by atoms with Gasteiger partial charge in [0, 0.05) is 33.9 Å². The van der Waals surface area contributed by atoms with E-state index in [1.165, 1.54) is 0 Å². The van der Waals surface area contributed by atoms with E-state index >= 15 is 0 Å². The summed E-state index contributed by atoms with van der Waals surface area (Å²) in [5, 5.41) is 4.04. The smallest absolute Gasteiger partial charge is 0.146 e. The van der Waals surface area contributed by atoms with Crippen LogP contribution >= 0.6 is 0 Å². The van der Waals surface area contributed by atoms with Crippen LogP contribution in [-0.2, 0) is 0 Å². The van der Waals surface area contributed by atoms with Crippen LogP contribution in [0.1, 0.15) is 0 Å². The van der Waals surface area contributed by atoms with Gasteiger partial charge in [-0.15, -0.1) is 0 Å². The molecule has 0 saturated heterocycles. The molecule has 0 bridgehead atoms. The molecule has 7 rings (SSSR count). The van der Waals surface area contributed by atoms with Gasteiger partial charge in [0.2, 0.25) is 0 Å². The van der Waals surface area contributed by atoms with Crippen molar-refractivity contribution in [3.05, 3.63) is 97.3 Å². The van der Waals surface area contributed by atoms with Crippen LogP contribution in [0.4, 0.5) is 0 Å². The molecule has 4 nitrogen and oxygen atoms in total. The molecule has 32 heavy (non-hydrogen) atoms. The van der Waals surface area contributed by atoms with Gasteiger partial charge in [0.25, 0.3) is 0 Å². The second-order valence-electron chi connectivity index (χ2n) is 7.78. The molecule has 0 amide bonds. The summed E-state index contributed by atoms with van der Waals surface area (Å²) >= 11 is 0. The molecule has 0 unspecified atom stereocenters. The number of hydrogen-bond acceptors (Lipinski definition) is 4. The minimum atomic E-state index is 0.796. The summed E-state index contributed by atoms with van der Waals surface area (Å²) in [4.78, 5) is 9.38. The number of fused-ring (bicyclic) bond motifs is 6. The highest BCUT2D eigenvalue weighted by Gasteiger charge is 2.27. The monoisotopic (exact) mass is 412 g/mol. The quantitative estimate of drug-likeness (QED) is 0.293. The third kappa shape index (κ3) is 2.32. The molecule has 0 radical (unpaired) electrons. The molecule has 0 spiro atoms. The lowest BCUT2D eigenvalue weighted by molar-refractivity contribution is 0.665. The Morgan fingerprint density at radius 1 is 0.469 bits per heavy atom. The van der Waals surface area contributed by atoms with Crippen molar-refractivity contribution in [2.24, 2.45) is 0 Å². The van der Waals surface area contributed by atoms with Gasteiger partial charge in [-0.25, -0.2) is 0 Å². The summed E-state index contributed by atoms with van der Waals surface area (Å²) in [6.45, 7) is 0. The zero-order valence-corrected chi connectivity index (χ0v) is 16.9. The Balaban J connectivity index is 1.83. The van der Waals surface area contributed by atoms with E-state index in [2.05, 4.69) is 12.1 Å². The van der Waals surface area contributed by atoms with Gasteiger partial charge < -0.3 is 8.83 Å². The number of furan rings is 2. The van der Waals surface area contributed by atoms with Crippen LogP contribution in [0.2, 0.25) is 0 Å². The van der Waals surface area contributed by atoms with Crippen LogP contribution < -0.4 is 0 Å². The maximum Gasteiger partial charge on any atom is 0.146 e. The molecule has 4 heteroatoms.